The Bertz CT molecular complexity index is 1100. The Morgan fingerprint density at radius 1 is 1.00 bits per heavy atom. The number of ether oxygens (including phenoxy) is 1. The minimum absolute atomic E-state index is 0.102. The van der Waals surface area contributed by atoms with Gasteiger partial charge in [-0.2, -0.15) is 5.10 Å². The molecule has 0 aromatic heterocycles. The van der Waals surface area contributed by atoms with Crippen LogP contribution in [0.15, 0.2) is 84.0 Å². The first-order valence-corrected chi connectivity index (χ1v) is 9.17. The van der Waals surface area contributed by atoms with Crippen molar-refractivity contribution >= 4 is 29.4 Å². The quantitative estimate of drug-likeness (QED) is 0.330. The number of anilines is 1. The van der Waals surface area contributed by atoms with Gasteiger partial charge in [0.05, 0.1) is 11.1 Å². The summed E-state index contributed by atoms with van der Waals surface area (Å²) in [6.45, 7) is -0.160. The van der Waals surface area contributed by atoms with Gasteiger partial charge >= 0.3 is 0 Å². The number of nitro groups is 1. The zero-order valence-electron chi connectivity index (χ0n) is 16.2. The van der Waals surface area contributed by atoms with E-state index in [0.29, 0.717) is 17.0 Å². The van der Waals surface area contributed by atoms with Crippen LogP contribution >= 0.6 is 0 Å². The van der Waals surface area contributed by atoms with Crippen LogP contribution < -0.4 is 15.5 Å². The monoisotopic (exact) mass is 418 g/mol. The van der Waals surface area contributed by atoms with E-state index in [2.05, 4.69) is 15.8 Å². The molecule has 0 aliphatic carbocycles. The minimum Gasteiger partial charge on any atom is -0.484 e. The van der Waals surface area contributed by atoms with Gasteiger partial charge in [0, 0.05) is 23.4 Å². The van der Waals surface area contributed by atoms with Crippen molar-refractivity contribution in [2.45, 2.75) is 0 Å². The van der Waals surface area contributed by atoms with E-state index in [9.17, 15) is 19.7 Å². The highest BCUT2D eigenvalue weighted by Gasteiger charge is 2.08. The lowest BCUT2D eigenvalue weighted by molar-refractivity contribution is -0.384. The third-order valence-electron chi connectivity index (χ3n) is 4.01. The molecule has 0 atom stereocenters. The number of amides is 2. The summed E-state index contributed by atoms with van der Waals surface area (Å²) in [6.07, 6.45) is 1.42. The highest BCUT2D eigenvalue weighted by molar-refractivity contribution is 5.95. The second kappa shape index (κ2) is 10.3. The Hall–Kier alpha value is -4.53. The zero-order valence-corrected chi connectivity index (χ0v) is 16.2. The Balaban J connectivity index is 1.51. The molecule has 9 heteroatoms. The fraction of sp³-hybridized carbons (Fsp3) is 0.0455. The van der Waals surface area contributed by atoms with Gasteiger partial charge in [0.15, 0.2) is 6.61 Å². The summed E-state index contributed by atoms with van der Waals surface area (Å²) in [4.78, 5) is 34.1. The third-order valence-corrected chi connectivity index (χ3v) is 4.01. The van der Waals surface area contributed by atoms with Crippen molar-refractivity contribution in [2.75, 3.05) is 11.9 Å². The highest BCUT2D eigenvalue weighted by atomic mass is 16.6. The molecule has 0 heterocycles. The maximum Gasteiger partial charge on any atom is 0.271 e. The van der Waals surface area contributed by atoms with Crippen LogP contribution in [0.5, 0.6) is 5.75 Å². The molecule has 0 radical (unpaired) electrons. The summed E-state index contributed by atoms with van der Waals surface area (Å²) in [5, 5.41) is 17.3. The molecule has 156 valence electrons. The van der Waals surface area contributed by atoms with E-state index >= 15 is 0 Å². The average Bonchev–Trinajstić information content (AvgIpc) is 2.78. The molecule has 0 bridgehead atoms. The molecule has 0 spiro atoms. The number of non-ortho nitro benzene ring substituents is 1. The maximum absolute atomic E-state index is 12.0. The molecular weight excluding hydrogens is 400 g/mol. The summed E-state index contributed by atoms with van der Waals surface area (Å²) >= 11 is 0. The highest BCUT2D eigenvalue weighted by Crippen LogP contribution is 2.13. The molecule has 2 N–H and O–H groups in total. The average molecular weight is 418 g/mol. The molecule has 2 amide bonds. The van der Waals surface area contributed by atoms with Gasteiger partial charge in [0.2, 0.25) is 0 Å². The van der Waals surface area contributed by atoms with E-state index in [4.69, 9.17) is 4.74 Å². The summed E-state index contributed by atoms with van der Waals surface area (Å²) in [5.41, 5.74) is 3.81. The van der Waals surface area contributed by atoms with Crippen molar-refractivity contribution in [1.82, 2.24) is 5.43 Å². The number of carbonyl (C=O) groups is 2. The molecule has 0 saturated carbocycles. The second-order valence-electron chi connectivity index (χ2n) is 6.28. The number of nitrogens with one attached hydrogen (secondary N) is 2. The lowest BCUT2D eigenvalue weighted by Crippen LogP contribution is -2.20. The number of hydrogen-bond acceptors (Lipinski definition) is 6. The molecule has 3 aromatic carbocycles. The van der Waals surface area contributed by atoms with Crippen LogP contribution in [-0.4, -0.2) is 29.6 Å². The lowest BCUT2D eigenvalue weighted by atomic mass is 10.2. The number of para-hydroxylation sites is 1. The Labute approximate surface area is 177 Å². The van der Waals surface area contributed by atoms with Gasteiger partial charge in [-0.1, -0.05) is 30.3 Å². The smallest absolute Gasteiger partial charge is 0.271 e. The van der Waals surface area contributed by atoms with Crippen LogP contribution in [0.2, 0.25) is 0 Å². The van der Waals surface area contributed by atoms with Crippen molar-refractivity contribution < 1.29 is 19.2 Å². The van der Waals surface area contributed by atoms with Crippen LogP contribution in [0.1, 0.15) is 15.9 Å². The molecule has 0 unspecified atom stereocenters. The van der Waals surface area contributed by atoms with Crippen LogP contribution in [0.4, 0.5) is 11.4 Å². The molecule has 3 aromatic rings. The molecular formula is C22H18N4O5. The standard InChI is InChI=1S/C22H18N4O5/c27-21(24-18-6-2-1-3-7-18)15-31-20-8-4-5-16(13-20)14-23-25-22(28)17-9-11-19(12-10-17)26(29)30/h1-14H,15H2,(H,24,27)(H,25,28)/b23-14+. The predicted molar refractivity (Wildman–Crippen MR) is 115 cm³/mol. The molecule has 3 rings (SSSR count). The van der Waals surface area contributed by atoms with E-state index in [-0.39, 0.29) is 23.8 Å². The van der Waals surface area contributed by atoms with Crippen LogP contribution in [0.25, 0.3) is 0 Å². The lowest BCUT2D eigenvalue weighted by Gasteiger charge is -2.08. The summed E-state index contributed by atoms with van der Waals surface area (Å²) in [7, 11) is 0. The van der Waals surface area contributed by atoms with Gasteiger partial charge < -0.3 is 10.1 Å². The van der Waals surface area contributed by atoms with Crippen LogP contribution in [0, 0.1) is 10.1 Å². The number of benzene rings is 3. The first-order valence-electron chi connectivity index (χ1n) is 9.17. The van der Waals surface area contributed by atoms with E-state index < -0.39 is 10.8 Å². The molecule has 0 aliphatic rings. The normalized spacial score (nSPS) is 10.5. The van der Waals surface area contributed by atoms with Crippen LogP contribution in [-0.2, 0) is 4.79 Å². The Kier molecular flexibility index (Phi) is 7.04. The van der Waals surface area contributed by atoms with Crippen LogP contribution in [0.3, 0.4) is 0 Å². The summed E-state index contributed by atoms with van der Waals surface area (Å²) in [5.74, 6) is -0.328. The van der Waals surface area contributed by atoms with Crippen molar-refractivity contribution in [3.63, 3.8) is 0 Å². The number of nitrogens with zero attached hydrogens (tertiary/aromatic N) is 2. The van der Waals surface area contributed by atoms with E-state index in [0.717, 1.165) is 0 Å². The van der Waals surface area contributed by atoms with E-state index in [1.807, 2.05) is 18.2 Å². The molecule has 0 fully saturated rings. The Morgan fingerprint density at radius 3 is 2.45 bits per heavy atom. The van der Waals surface area contributed by atoms with Crippen molar-refractivity contribution in [3.05, 3.63) is 100 Å². The fourth-order valence-corrected chi connectivity index (χ4v) is 2.52. The molecule has 0 saturated heterocycles. The SMILES string of the molecule is O=C(COc1cccc(/C=N/NC(=O)c2ccc([N+](=O)[O-])cc2)c1)Nc1ccccc1. The van der Waals surface area contributed by atoms with E-state index in [1.165, 1.54) is 30.5 Å². The van der Waals surface area contributed by atoms with Gasteiger partial charge in [-0.05, 0) is 42.0 Å². The van der Waals surface area contributed by atoms with Gasteiger partial charge in [-0.15, -0.1) is 0 Å². The first-order chi connectivity index (χ1) is 15.0. The third kappa shape index (κ3) is 6.50. The number of rotatable bonds is 8. The molecule has 0 aliphatic heterocycles. The molecule has 9 nitrogen and oxygen atoms in total. The molecule has 31 heavy (non-hydrogen) atoms. The largest absolute Gasteiger partial charge is 0.484 e. The summed E-state index contributed by atoms with van der Waals surface area (Å²) in [6, 6.07) is 21.1. The van der Waals surface area contributed by atoms with E-state index in [1.54, 1.807) is 36.4 Å². The van der Waals surface area contributed by atoms with Gasteiger partial charge in [-0.25, -0.2) is 5.43 Å². The zero-order chi connectivity index (χ0) is 22.1. The fourth-order valence-electron chi connectivity index (χ4n) is 2.52. The van der Waals surface area contributed by atoms with Gasteiger partial charge in [0.25, 0.3) is 17.5 Å². The van der Waals surface area contributed by atoms with Gasteiger partial charge in [-0.3, -0.25) is 19.7 Å². The van der Waals surface area contributed by atoms with Crippen molar-refractivity contribution in [2.24, 2.45) is 5.10 Å². The topological polar surface area (TPSA) is 123 Å². The first kappa shape index (κ1) is 21.2. The maximum atomic E-state index is 12.0. The van der Waals surface area contributed by atoms with Gasteiger partial charge in [0.1, 0.15) is 5.75 Å². The Morgan fingerprint density at radius 2 is 1.74 bits per heavy atom. The minimum atomic E-state index is -0.541. The number of nitro benzene ring substituents is 1. The summed E-state index contributed by atoms with van der Waals surface area (Å²) < 4.78 is 5.49. The number of carbonyl (C=O) groups excluding carboxylic acids is 2. The number of hydrazone groups is 1. The van der Waals surface area contributed by atoms with Crippen molar-refractivity contribution in [1.29, 1.82) is 0 Å². The number of hydrogen-bond donors (Lipinski definition) is 2. The predicted octanol–water partition coefficient (Wildman–Crippen LogP) is 3.38. The second-order valence-corrected chi connectivity index (χ2v) is 6.28. The van der Waals surface area contributed by atoms with Crippen molar-refractivity contribution in [3.8, 4) is 5.75 Å².